The molecule has 1 aromatic carbocycles. The molecule has 0 saturated heterocycles. The third kappa shape index (κ3) is 8.45. The maximum atomic E-state index is 10.6. The smallest absolute Gasteiger partial charge is 0.475 e. The number of nitrogens with two attached hydrogens (primary N) is 1. The van der Waals surface area contributed by atoms with Gasteiger partial charge in [0.05, 0.1) is 0 Å². The van der Waals surface area contributed by atoms with Crippen LogP contribution in [0.2, 0.25) is 0 Å². The highest BCUT2D eigenvalue weighted by Gasteiger charge is 2.38. The molecule has 1 rings (SSSR count). The van der Waals surface area contributed by atoms with E-state index in [2.05, 4.69) is 0 Å². The minimum atomic E-state index is -5.08. The van der Waals surface area contributed by atoms with Crippen molar-refractivity contribution < 1.29 is 23.1 Å². The van der Waals surface area contributed by atoms with Crippen molar-refractivity contribution in [2.45, 2.75) is 11.9 Å². The van der Waals surface area contributed by atoms with Gasteiger partial charge in [-0.3, -0.25) is 5.41 Å². The molecule has 18 heavy (non-hydrogen) atoms. The van der Waals surface area contributed by atoms with Gasteiger partial charge in [-0.15, -0.1) is 0 Å². The molecule has 0 saturated carbocycles. The number of amidine groups is 1. The first-order valence-electron chi connectivity index (χ1n) is 4.54. The van der Waals surface area contributed by atoms with Gasteiger partial charge in [-0.25, -0.2) is 4.79 Å². The molecule has 8 heteroatoms. The number of alkyl halides is 3. The molecular weight excluding hydrogens is 269 g/mol. The zero-order valence-corrected chi connectivity index (χ0v) is 9.89. The highest BCUT2D eigenvalue weighted by atomic mass is 32.2. The number of carboxylic acid groups (broad SMARTS) is 1. The summed E-state index contributed by atoms with van der Waals surface area (Å²) in [5.74, 6) is -1.97. The van der Waals surface area contributed by atoms with E-state index in [1.54, 1.807) is 0 Å². The summed E-state index contributed by atoms with van der Waals surface area (Å²) in [6, 6.07) is 9.99. The van der Waals surface area contributed by atoms with Gasteiger partial charge in [0, 0.05) is 5.75 Å². The van der Waals surface area contributed by atoms with Gasteiger partial charge in [0.1, 0.15) is 0 Å². The van der Waals surface area contributed by atoms with E-state index in [9.17, 15) is 13.2 Å². The molecule has 0 heterocycles. The molecule has 0 aliphatic rings. The summed E-state index contributed by atoms with van der Waals surface area (Å²) in [6.07, 6.45) is -5.08. The standard InChI is InChI=1S/C8H10N2S.C2HF3O2/c9-8(10)11-6-7-4-2-1-3-5-7;3-2(4,5)1(6)7/h1-5H,6H2,(H3,9,10);(H,6,7). The Bertz CT molecular complexity index is 396. The van der Waals surface area contributed by atoms with E-state index in [1.165, 1.54) is 17.3 Å². The van der Waals surface area contributed by atoms with Crippen LogP contribution in [0.15, 0.2) is 30.3 Å². The minimum absolute atomic E-state index is 0.175. The van der Waals surface area contributed by atoms with E-state index >= 15 is 0 Å². The molecule has 1 aromatic rings. The van der Waals surface area contributed by atoms with Gasteiger partial charge < -0.3 is 10.8 Å². The fourth-order valence-corrected chi connectivity index (χ4v) is 1.25. The molecule has 0 aliphatic heterocycles. The molecule has 0 unspecified atom stereocenters. The van der Waals surface area contributed by atoms with Crippen molar-refractivity contribution in [1.29, 1.82) is 5.41 Å². The molecule has 0 fully saturated rings. The Morgan fingerprint density at radius 2 is 1.78 bits per heavy atom. The zero-order valence-electron chi connectivity index (χ0n) is 9.07. The number of carbonyl (C=O) groups is 1. The Hall–Kier alpha value is -1.70. The fourth-order valence-electron chi connectivity index (χ4n) is 0.735. The normalized spacial score (nSPS) is 10.2. The van der Waals surface area contributed by atoms with E-state index in [1.807, 2.05) is 30.3 Å². The van der Waals surface area contributed by atoms with Crippen LogP contribution in [0.3, 0.4) is 0 Å². The van der Waals surface area contributed by atoms with E-state index in [-0.39, 0.29) is 5.17 Å². The predicted molar refractivity (Wildman–Crippen MR) is 63.3 cm³/mol. The lowest BCUT2D eigenvalue weighted by Gasteiger charge is -1.97. The lowest BCUT2D eigenvalue weighted by molar-refractivity contribution is -0.192. The maximum absolute atomic E-state index is 10.6. The maximum Gasteiger partial charge on any atom is 0.490 e. The summed E-state index contributed by atoms with van der Waals surface area (Å²) in [5, 5.41) is 14.3. The predicted octanol–water partition coefficient (Wildman–Crippen LogP) is 2.45. The van der Waals surface area contributed by atoms with Gasteiger partial charge >= 0.3 is 12.1 Å². The van der Waals surface area contributed by atoms with Crippen molar-refractivity contribution in [2.75, 3.05) is 0 Å². The Morgan fingerprint density at radius 1 is 1.33 bits per heavy atom. The van der Waals surface area contributed by atoms with Crippen LogP contribution >= 0.6 is 11.8 Å². The Kier molecular flexibility index (Phi) is 6.88. The quantitative estimate of drug-likeness (QED) is 0.573. The van der Waals surface area contributed by atoms with Crippen LogP contribution in [-0.2, 0) is 10.5 Å². The minimum Gasteiger partial charge on any atom is -0.475 e. The molecule has 4 nitrogen and oxygen atoms in total. The topological polar surface area (TPSA) is 87.2 Å². The van der Waals surface area contributed by atoms with Crippen LogP contribution < -0.4 is 5.73 Å². The summed E-state index contributed by atoms with van der Waals surface area (Å²) in [4.78, 5) is 8.90. The lowest BCUT2D eigenvalue weighted by Crippen LogP contribution is -2.21. The molecule has 0 spiro atoms. The number of carboxylic acids is 1. The molecule has 0 atom stereocenters. The third-order valence-corrected chi connectivity index (χ3v) is 2.27. The highest BCUT2D eigenvalue weighted by molar-refractivity contribution is 8.13. The Morgan fingerprint density at radius 3 is 2.11 bits per heavy atom. The number of benzene rings is 1. The zero-order chi connectivity index (χ0) is 14.2. The average Bonchev–Trinajstić information content (AvgIpc) is 2.27. The van der Waals surface area contributed by atoms with Crippen molar-refractivity contribution in [3.05, 3.63) is 35.9 Å². The number of rotatable bonds is 2. The Balaban J connectivity index is 0.000000360. The van der Waals surface area contributed by atoms with Gasteiger partial charge in [-0.05, 0) is 5.56 Å². The van der Waals surface area contributed by atoms with Crippen molar-refractivity contribution >= 4 is 22.9 Å². The summed E-state index contributed by atoms with van der Waals surface area (Å²) >= 11 is 1.35. The van der Waals surface area contributed by atoms with Crippen LogP contribution in [-0.4, -0.2) is 22.4 Å². The molecule has 0 aromatic heterocycles. The van der Waals surface area contributed by atoms with Crippen molar-refractivity contribution in [3.63, 3.8) is 0 Å². The van der Waals surface area contributed by atoms with Crippen molar-refractivity contribution in [1.82, 2.24) is 0 Å². The van der Waals surface area contributed by atoms with E-state index in [0.717, 1.165) is 5.75 Å². The monoisotopic (exact) mass is 280 g/mol. The van der Waals surface area contributed by atoms with Gasteiger partial charge in [-0.1, -0.05) is 42.1 Å². The van der Waals surface area contributed by atoms with Crippen LogP contribution in [0.4, 0.5) is 13.2 Å². The Labute approximate surface area is 105 Å². The number of thioether (sulfide) groups is 1. The number of aliphatic carboxylic acids is 1. The summed E-state index contributed by atoms with van der Waals surface area (Å²) in [5.41, 5.74) is 6.39. The molecular formula is C10H11F3N2O2S. The number of hydrogen-bond donors (Lipinski definition) is 3. The third-order valence-electron chi connectivity index (χ3n) is 1.48. The fraction of sp³-hybridized carbons (Fsp3) is 0.200. The second-order valence-corrected chi connectivity index (χ2v) is 3.96. The SMILES string of the molecule is N=C(N)SCc1ccccc1.O=C(O)C(F)(F)F. The van der Waals surface area contributed by atoms with Crippen LogP contribution in [0.1, 0.15) is 5.56 Å². The largest absolute Gasteiger partial charge is 0.490 e. The average molecular weight is 280 g/mol. The van der Waals surface area contributed by atoms with Crippen LogP contribution in [0.5, 0.6) is 0 Å². The molecule has 0 bridgehead atoms. The van der Waals surface area contributed by atoms with Gasteiger partial charge in [0.15, 0.2) is 5.17 Å². The van der Waals surface area contributed by atoms with E-state index < -0.39 is 12.1 Å². The highest BCUT2D eigenvalue weighted by Crippen LogP contribution is 2.13. The summed E-state index contributed by atoms with van der Waals surface area (Å²) in [7, 11) is 0. The molecule has 0 aliphatic carbocycles. The summed E-state index contributed by atoms with van der Waals surface area (Å²) < 4.78 is 31.7. The van der Waals surface area contributed by atoms with Gasteiger partial charge in [0.25, 0.3) is 0 Å². The number of hydrogen-bond acceptors (Lipinski definition) is 3. The van der Waals surface area contributed by atoms with Gasteiger partial charge in [-0.2, -0.15) is 13.2 Å². The summed E-state index contributed by atoms with van der Waals surface area (Å²) in [6.45, 7) is 0. The van der Waals surface area contributed by atoms with Crippen molar-refractivity contribution in [3.8, 4) is 0 Å². The molecule has 4 N–H and O–H groups in total. The number of halogens is 3. The first-order chi connectivity index (χ1) is 8.23. The van der Waals surface area contributed by atoms with Crippen molar-refractivity contribution in [2.24, 2.45) is 5.73 Å². The lowest BCUT2D eigenvalue weighted by atomic mass is 10.2. The van der Waals surface area contributed by atoms with Crippen LogP contribution in [0.25, 0.3) is 0 Å². The van der Waals surface area contributed by atoms with Crippen LogP contribution in [0, 0.1) is 5.41 Å². The van der Waals surface area contributed by atoms with Gasteiger partial charge in [0.2, 0.25) is 0 Å². The molecule has 0 amide bonds. The van der Waals surface area contributed by atoms with E-state index in [4.69, 9.17) is 21.0 Å². The first kappa shape index (κ1) is 16.3. The first-order valence-corrected chi connectivity index (χ1v) is 5.53. The second-order valence-electron chi connectivity index (χ2n) is 2.94. The second kappa shape index (κ2) is 7.59. The van der Waals surface area contributed by atoms with E-state index in [0.29, 0.717) is 0 Å². The molecule has 100 valence electrons. The number of nitrogens with one attached hydrogen (secondary N) is 1. The molecule has 0 radical (unpaired) electrons.